The lowest BCUT2D eigenvalue weighted by Crippen LogP contribution is -2.19. The summed E-state index contributed by atoms with van der Waals surface area (Å²) >= 11 is -2.47. The second-order valence-corrected chi connectivity index (χ2v) is 7.17. The van der Waals surface area contributed by atoms with Crippen molar-refractivity contribution in [3.8, 4) is 11.5 Å². The van der Waals surface area contributed by atoms with Gasteiger partial charge in [-0.1, -0.05) is 12.1 Å². The van der Waals surface area contributed by atoms with Gasteiger partial charge in [0.2, 0.25) is 0 Å². The van der Waals surface area contributed by atoms with Crippen LogP contribution in [0, 0.1) is 6.92 Å². The number of rotatable bonds is 9. The third-order valence-corrected chi connectivity index (χ3v) is 4.90. The molecule has 3 rings (SSSR count). The second-order valence-electron chi connectivity index (χ2n) is 6.37. The van der Waals surface area contributed by atoms with E-state index in [0.717, 1.165) is 5.56 Å². The van der Waals surface area contributed by atoms with Crippen LogP contribution in [0.25, 0.3) is 0 Å². The fourth-order valence-electron chi connectivity index (χ4n) is 2.77. The predicted octanol–water partition coefficient (Wildman–Crippen LogP) is 4.08. The Hall–Kier alpha value is -3.36. The van der Waals surface area contributed by atoms with Crippen molar-refractivity contribution in [3.63, 3.8) is 0 Å². The first-order valence-corrected chi connectivity index (χ1v) is 10.1. The van der Waals surface area contributed by atoms with Crippen LogP contribution in [0.5, 0.6) is 11.5 Å². The number of aryl methyl sites for hydroxylation is 1. The summed E-state index contributed by atoms with van der Waals surface area (Å²) in [5, 5.41) is 8.88. The summed E-state index contributed by atoms with van der Waals surface area (Å²) in [6.07, 6.45) is 0. The highest BCUT2D eigenvalue weighted by Crippen LogP contribution is 2.29. The van der Waals surface area contributed by atoms with Crippen LogP contribution in [0.15, 0.2) is 72.8 Å². The molecule has 0 radical (unpaired) electrons. The lowest BCUT2D eigenvalue weighted by Gasteiger charge is -2.26. The van der Waals surface area contributed by atoms with Crippen molar-refractivity contribution < 1.29 is 28.1 Å². The number of benzene rings is 3. The Morgan fingerprint density at radius 3 is 2.00 bits per heavy atom. The van der Waals surface area contributed by atoms with Crippen LogP contribution in [0.3, 0.4) is 0 Å². The Kier molecular flexibility index (Phi) is 7.05. The van der Waals surface area contributed by atoms with Crippen LogP contribution < -0.4 is 13.8 Å². The standard InChI is InChI=1S/C22H21NO6S/c1-16-3-2-4-19(15-16)23(30(26)27)18-7-11-21(12-8-18)29-14-13-28-20-9-5-17(6-10-20)22(24)25/h2-12,15H,13-14H2,1H3,(H,24,25)(H,26,27)/p-1. The molecule has 1 N–H and O–H groups in total. The molecule has 0 aliphatic carbocycles. The molecule has 8 heteroatoms. The molecule has 3 aromatic rings. The van der Waals surface area contributed by atoms with E-state index >= 15 is 0 Å². The molecule has 1 unspecified atom stereocenters. The van der Waals surface area contributed by atoms with Gasteiger partial charge >= 0.3 is 5.97 Å². The quantitative estimate of drug-likeness (QED) is 0.409. The molecule has 0 heterocycles. The molecule has 0 fully saturated rings. The van der Waals surface area contributed by atoms with E-state index in [-0.39, 0.29) is 18.8 Å². The van der Waals surface area contributed by atoms with Crippen molar-refractivity contribution >= 4 is 28.6 Å². The van der Waals surface area contributed by atoms with Crippen LogP contribution in [0.4, 0.5) is 11.4 Å². The van der Waals surface area contributed by atoms with Gasteiger partial charge in [-0.05, 0) is 73.2 Å². The lowest BCUT2D eigenvalue weighted by molar-refractivity contribution is 0.0697. The number of nitrogens with zero attached hydrogens (tertiary/aromatic N) is 1. The van der Waals surface area contributed by atoms with Crippen molar-refractivity contribution in [3.05, 3.63) is 83.9 Å². The van der Waals surface area contributed by atoms with Gasteiger partial charge in [0.25, 0.3) is 0 Å². The molecule has 0 saturated heterocycles. The van der Waals surface area contributed by atoms with Gasteiger partial charge in [-0.15, -0.1) is 0 Å². The normalized spacial score (nSPS) is 11.5. The Labute approximate surface area is 176 Å². The zero-order valence-electron chi connectivity index (χ0n) is 16.2. The number of anilines is 2. The van der Waals surface area contributed by atoms with Gasteiger partial charge in [-0.3, -0.25) is 8.51 Å². The highest BCUT2D eigenvalue weighted by molar-refractivity contribution is 7.81. The Morgan fingerprint density at radius 1 is 0.933 bits per heavy atom. The van der Waals surface area contributed by atoms with Crippen LogP contribution in [0.2, 0.25) is 0 Å². The van der Waals surface area contributed by atoms with Crippen LogP contribution in [0.1, 0.15) is 15.9 Å². The molecule has 3 aromatic carbocycles. The van der Waals surface area contributed by atoms with E-state index < -0.39 is 17.2 Å². The van der Waals surface area contributed by atoms with E-state index in [1.807, 2.05) is 13.0 Å². The number of carboxylic acid groups (broad SMARTS) is 1. The second kappa shape index (κ2) is 9.91. The predicted molar refractivity (Wildman–Crippen MR) is 113 cm³/mol. The minimum absolute atomic E-state index is 0.192. The Morgan fingerprint density at radius 2 is 1.50 bits per heavy atom. The van der Waals surface area contributed by atoms with E-state index in [1.54, 1.807) is 54.6 Å². The first-order chi connectivity index (χ1) is 14.4. The molecule has 30 heavy (non-hydrogen) atoms. The minimum atomic E-state index is -2.47. The van der Waals surface area contributed by atoms with Crippen LogP contribution in [-0.2, 0) is 11.3 Å². The summed E-state index contributed by atoms with van der Waals surface area (Å²) in [6.45, 7) is 2.44. The maximum absolute atomic E-state index is 11.7. The molecular formula is C22H20NO6S-. The molecule has 0 aromatic heterocycles. The Balaban J connectivity index is 1.56. The van der Waals surface area contributed by atoms with Gasteiger partial charge in [-0.2, -0.15) is 0 Å². The van der Waals surface area contributed by atoms with Gasteiger partial charge in [0.15, 0.2) is 0 Å². The van der Waals surface area contributed by atoms with Gasteiger partial charge in [-0.25, -0.2) is 4.79 Å². The number of aromatic carboxylic acids is 1. The molecule has 1 atom stereocenters. The van der Waals surface area contributed by atoms with Crippen LogP contribution in [-0.4, -0.2) is 33.1 Å². The molecule has 0 bridgehead atoms. The first-order valence-electron chi connectivity index (χ1n) is 9.09. The maximum atomic E-state index is 11.7. The summed E-state index contributed by atoms with van der Waals surface area (Å²) in [5.41, 5.74) is 2.20. The van der Waals surface area contributed by atoms with Crippen molar-refractivity contribution in [2.75, 3.05) is 17.5 Å². The molecule has 156 valence electrons. The van der Waals surface area contributed by atoms with E-state index in [1.165, 1.54) is 16.4 Å². The largest absolute Gasteiger partial charge is 0.755 e. The number of carbonyl (C=O) groups is 1. The van der Waals surface area contributed by atoms with E-state index in [9.17, 15) is 13.6 Å². The average Bonchev–Trinajstić information content (AvgIpc) is 2.72. The highest BCUT2D eigenvalue weighted by Gasteiger charge is 2.10. The molecule has 0 amide bonds. The van der Waals surface area contributed by atoms with Gasteiger partial charge in [0, 0.05) is 0 Å². The van der Waals surface area contributed by atoms with E-state index in [0.29, 0.717) is 22.9 Å². The van der Waals surface area contributed by atoms with E-state index in [2.05, 4.69) is 0 Å². The van der Waals surface area contributed by atoms with Gasteiger partial charge in [0.05, 0.1) is 28.2 Å². The SMILES string of the molecule is Cc1cccc(N(c2ccc(OCCOc3ccc(C(=O)O)cc3)cc2)S(=O)[O-])c1. The summed E-state index contributed by atoms with van der Waals surface area (Å²) in [6, 6.07) is 20.0. The monoisotopic (exact) mass is 426 g/mol. The van der Waals surface area contributed by atoms with Crippen molar-refractivity contribution in [1.29, 1.82) is 0 Å². The fourth-order valence-corrected chi connectivity index (χ4v) is 3.35. The van der Waals surface area contributed by atoms with Crippen molar-refractivity contribution in [1.82, 2.24) is 0 Å². The first kappa shape index (κ1) is 21.4. The zero-order chi connectivity index (χ0) is 21.5. The summed E-state index contributed by atoms with van der Waals surface area (Å²) in [7, 11) is 0. The molecule has 0 aliphatic rings. The topological polar surface area (TPSA) is 99.1 Å². The van der Waals surface area contributed by atoms with Gasteiger partial charge < -0.3 is 19.1 Å². The molecule has 0 saturated carbocycles. The minimum Gasteiger partial charge on any atom is -0.755 e. The third kappa shape index (κ3) is 5.59. The van der Waals surface area contributed by atoms with Gasteiger partial charge in [0.1, 0.15) is 24.7 Å². The molecule has 0 spiro atoms. The lowest BCUT2D eigenvalue weighted by atomic mass is 10.2. The number of hydrogen-bond acceptors (Lipinski definition) is 5. The van der Waals surface area contributed by atoms with Crippen LogP contribution >= 0.6 is 0 Å². The number of hydrogen-bond donors (Lipinski definition) is 1. The van der Waals surface area contributed by atoms with E-state index in [4.69, 9.17) is 14.6 Å². The molecular weight excluding hydrogens is 406 g/mol. The maximum Gasteiger partial charge on any atom is 0.335 e. The molecule has 0 aliphatic heterocycles. The zero-order valence-corrected chi connectivity index (χ0v) is 17.0. The van der Waals surface area contributed by atoms with Crippen molar-refractivity contribution in [2.45, 2.75) is 6.92 Å². The number of ether oxygens (including phenoxy) is 2. The molecule has 7 nitrogen and oxygen atoms in total. The number of carboxylic acids is 1. The van der Waals surface area contributed by atoms with Crippen molar-refractivity contribution in [2.24, 2.45) is 0 Å². The third-order valence-electron chi connectivity index (χ3n) is 4.18. The average molecular weight is 426 g/mol. The smallest absolute Gasteiger partial charge is 0.335 e. The summed E-state index contributed by atoms with van der Waals surface area (Å²) < 4.78 is 35.8. The summed E-state index contributed by atoms with van der Waals surface area (Å²) in [4.78, 5) is 10.8. The highest BCUT2D eigenvalue weighted by atomic mass is 32.2. The Bertz CT molecular complexity index is 1020. The summed E-state index contributed by atoms with van der Waals surface area (Å²) in [5.74, 6) is 0.130. The fraction of sp³-hybridized carbons (Fsp3) is 0.136.